The largest absolute Gasteiger partial charge is 0.379 e. The molecule has 1 aromatic heterocycles. The summed E-state index contributed by atoms with van der Waals surface area (Å²) in [7, 11) is -3.73. The van der Waals surface area contributed by atoms with E-state index in [9.17, 15) is 13.2 Å². The van der Waals surface area contributed by atoms with Gasteiger partial charge in [-0.05, 0) is 59.0 Å². The predicted octanol–water partition coefficient (Wildman–Crippen LogP) is 6.15. The summed E-state index contributed by atoms with van der Waals surface area (Å²) in [5.74, 6) is 0.520. The Kier molecular flexibility index (Phi) is 7.86. The monoisotopic (exact) mass is 642 g/mol. The Labute approximate surface area is 264 Å². The Hall–Kier alpha value is -3.80. The molecule has 222 valence electrons. The van der Waals surface area contributed by atoms with Crippen molar-refractivity contribution in [3.05, 3.63) is 113 Å². The zero-order valence-electron chi connectivity index (χ0n) is 23.5. The SMILES string of the molecule is O=C(CSc1nnc(-c2cccc(S(=O)(=O)N3CCOCC3)c2)n1-c1ccccc1Cl)c1ccc2c(c1)-c1ccccc1C2. The third kappa shape index (κ3) is 5.37. The van der Waals surface area contributed by atoms with Gasteiger partial charge in [-0.3, -0.25) is 9.36 Å². The van der Waals surface area contributed by atoms with Gasteiger partial charge in [-0.1, -0.05) is 84.0 Å². The van der Waals surface area contributed by atoms with E-state index in [4.69, 9.17) is 16.3 Å². The normalized spacial score (nSPS) is 14.8. The number of carbonyl (C=O) groups is 1. The molecular weight excluding hydrogens is 616 g/mol. The van der Waals surface area contributed by atoms with Gasteiger partial charge in [-0.15, -0.1) is 10.2 Å². The molecule has 44 heavy (non-hydrogen) atoms. The molecule has 0 atom stereocenters. The van der Waals surface area contributed by atoms with E-state index in [-0.39, 0.29) is 16.4 Å². The molecule has 1 saturated heterocycles. The van der Waals surface area contributed by atoms with Crippen molar-refractivity contribution in [2.45, 2.75) is 16.5 Å². The van der Waals surface area contributed by atoms with Crippen molar-refractivity contribution < 1.29 is 17.9 Å². The summed E-state index contributed by atoms with van der Waals surface area (Å²) in [6.45, 7) is 1.32. The quantitative estimate of drug-likeness (QED) is 0.145. The van der Waals surface area contributed by atoms with E-state index < -0.39 is 10.0 Å². The Balaban J connectivity index is 1.20. The van der Waals surface area contributed by atoms with Gasteiger partial charge in [0, 0.05) is 24.2 Å². The number of carbonyl (C=O) groups excluding carboxylic acids is 1. The Bertz CT molecular complexity index is 2000. The fraction of sp³-hybridized carbons (Fsp3) is 0.182. The van der Waals surface area contributed by atoms with Gasteiger partial charge in [0.1, 0.15) is 0 Å². The van der Waals surface area contributed by atoms with Gasteiger partial charge < -0.3 is 4.74 Å². The van der Waals surface area contributed by atoms with Gasteiger partial charge in [0.25, 0.3) is 0 Å². The van der Waals surface area contributed by atoms with Gasteiger partial charge in [0.2, 0.25) is 10.0 Å². The van der Waals surface area contributed by atoms with Crippen molar-refractivity contribution in [3.8, 4) is 28.2 Å². The van der Waals surface area contributed by atoms with Crippen LogP contribution < -0.4 is 0 Å². The molecule has 8 nitrogen and oxygen atoms in total. The second-order valence-corrected chi connectivity index (χ2v) is 13.8. The minimum Gasteiger partial charge on any atom is -0.379 e. The van der Waals surface area contributed by atoms with E-state index in [0.717, 1.165) is 12.0 Å². The summed E-state index contributed by atoms with van der Waals surface area (Å²) >= 11 is 7.90. The Morgan fingerprint density at radius 2 is 1.64 bits per heavy atom. The van der Waals surface area contributed by atoms with Gasteiger partial charge in [-0.25, -0.2) is 8.42 Å². The van der Waals surface area contributed by atoms with Crippen LogP contribution in [-0.2, 0) is 21.2 Å². The maximum atomic E-state index is 13.4. The number of rotatable bonds is 8. The molecule has 2 aliphatic rings. The number of para-hydroxylation sites is 1. The first-order chi connectivity index (χ1) is 21.4. The number of Topliss-reactive ketones (excluding diaryl/α,β-unsaturated/α-hetero) is 1. The summed E-state index contributed by atoms with van der Waals surface area (Å²) in [5, 5.41) is 9.83. The van der Waals surface area contributed by atoms with Crippen LogP contribution >= 0.6 is 23.4 Å². The van der Waals surface area contributed by atoms with E-state index in [1.807, 2.05) is 48.5 Å². The molecular formula is C33H27ClN4O4S2. The summed E-state index contributed by atoms with van der Waals surface area (Å²) < 4.78 is 35.3. The van der Waals surface area contributed by atoms with Crippen molar-refractivity contribution in [2.75, 3.05) is 32.1 Å². The van der Waals surface area contributed by atoms with Gasteiger partial charge in [-0.2, -0.15) is 4.31 Å². The number of halogens is 1. The van der Waals surface area contributed by atoms with Crippen LogP contribution in [-0.4, -0.2) is 65.3 Å². The van der Waals surface area contributed by atoms with Gasteiger partial charge in [0.05, 0.1) is 34.6 Å². The highest BCUT2D eigenvalue weighted by atomic mass is 35.5. The number of hydrogen-bond acceptors (Lipinski definition) is 7. The summed E-state index contributed by atoms with van der Waals surface area (Å²) in [6.07, 6.45) is 0.868. The number of sulfonamides is 1. The molecule has 1 aliphatic heterocycles. The van der Waals surface area contributed by atoms with Crippen LogP contribution in [0.4, 0.5) is 0 Å². The molecule has 0 bridgehead atoms. The number of aromatic nitrogens is 3. The lowest BCUT2D eigenvalue weighted by Gasteiger charge is -2.26. The smallest absolute Gasteiger partial charge is 0.243 e. The average Bonchev–Trinajstić information content (AvgIpc) is 3.65. The fourth-order valence-corrected chi connectivity index (χ4v) is 8.16. The molecule has 0 radical (unpaired) electrons. The third-order valence-electron chi connectivity index (χ3n) is 7.88. The Morgan fingerprint density at radius 1 is 0.864 bits per heavy atom. The predicted molar refractivity (Wildman–Crippen MR) is 171 cm³/mol. The van der Waals surface area contributed by atoms with E-state index >= 15 is 0 Å². The van der Waals surface area contributed by atoms with Crippen LogP contribution in [0.3, 0.4) is 0 Å². The van der Waals surface area contributed by atoms with Crippen LogP contribution in [0.25, 0.3) is 28.2 Å². The van der Waals surface area contributed by atoms with E-state index in [1.54, 1.807) is 34.9 Å². The molecule has 2 heterocycles. The Morgan fingerprint density at radius 3 is 2.48 bits per heavy atom. The number of fused-ring (bicyclic) bond motifs is 3. The molecule has 11 heteroatoms. The highest BCUT2D eigenvalue weighted by molar-refractivity contribution is 7.99. The maximum absolute atomic E-state index is 13.4. The van der Waals surface area contributed by atoms with Crippen molar-refractivity contribution in [1.29, 1.82) is 0 Å². The molecule has 0 saturated carbocycles. The van der Waals surface area contributed by atoms with Gasteiger partial charge in [0.15, 0.2) is 16.8 Å². The molecule has 0 amide bonds. The minimum atomic E-state index is -3.73. The average molecular weight is 643 g/mol. The zero-order chi connectivity index (χ0) is 30.3. The highest BCUT2D eigenvalue weighted by Crippen LogP contribution is 2.37. The van der Waals surface area contributed by atoms with Crippen molar-refractivity contribution in [2.24, 2.45) is 0 Å². The van der Waals surface area contributed by atoms with Crippen LogP contribution in [0.15, 0.2) is 101 Å². The first-order valence-electron chi connectivity index (χ1n) is 14.2. The topological polar surface area (TPSA) is 94.4 Å². The van der Waals surface area contributed by atoms with Gasteiger partial charge >= 0.3 is 0 Å². The summed E-state index contributed by atoms with van der Waals surface area (Å²) in [6, 6.07) is 28.1. The molecule has 0 spiro atoms. The van der Waals surface area contributed by atoms with Crippen LogP contribution in [0, 0.1) is 0 Å². The number of benzene rings is 4. The number of nitrogens with zero attached hydrogens (tertiary/aromatic N) is 4. The second kappa shape index (κ2) is 11.9. The van der Waals surface area contributed by atoms with E-state index in [2.05, 4.69) is 22.3 Å². The lowest BCUT2D eigenvalue weighted by Crippen LogP contribution is -2.40. The molecule has 0 unspecified atom stereocenters. The number of morpholine rings is 1. The maximum Gasteiger partial charge on any atom is 0.243 e. The molecule has 4 aromatic carbocycles. The van der Waals surface area contributed by atoms with Crippen LogP contribution in [0.1, 0.15) is 21.5 Å². The molecule has 0 N–H and O–H groups in total. The number of ketones is 1. The fourth-order valence-electron chi connectivity index (χ4n) is 5.64. The lowest BCUT2D eigenvalue weighted by atomic mass is 10.0. The van der Waals surface area contributed by atoms with Crippen molar-refractivity contribution in [3.63, 3.8) is 0 Å². The number of hydrogen-bond donors (Lipinski definition) is 0. The second-order valence-electron chi connectivity index (χ2n) is 10.6. The van der Waals surface area contributed by atoms with E-state index in [1.165, 1.54) is 32.8 Å². The molecule has 1 fully saturated rings. The summed E-state index contributed by atoms with van der Waals surface area (Å²) in [4.78, 5) is 13.6. The minimum absolute atomic E-state index is 0.0314. The molecule has 5 aromatic rings. The first-order valence-corrected chi connectivity index (χ1v) is 17.0. The van der Waals surface area contributed by atoms with Crippen LogP contribution in [0.5, 0.6) is 0 Å². The van der Waals surface area contributed by atoms with Crippen molar-refractivity contribution >= 4 is 39.2 Å². The third-order valence-corrected chi connectivity index (χ3v) is 11.0. The molecule has 7 rings (SSSR count). The highest BCUT2D eigenvalue weighted by Gasteiger charge is 2.28. The zero-order valence-corrected chi connectivity index (χ0v) is 25.9. The van der Waals surface area contributed by atoms with Crippen LogP contribution in [0.2, 0.25) is 5.02 Å². The van der Waals surface area contributed by atoms with E-state index in [0.29, 0.717) is 59.1 Å². The lowest BCUT2D eigenvalue weighted by molar-refractivity contribution is 0.0730. The molecule has 1 aliphatic carbocycles. The first kappa shape index (κ1) is 28.9. The van der Waals surface area contributed by atoms with Crippen molar-refractivity contribution in [1.82, 2.24) is 19.1 Å². The number of thioether (sulfide) groups is 1. The summed E-state index contributed by atoms with van der Waals surface area (Å²) in [5.41, 5.74) is 6.58. The standard InChI is InChI=1S/C33H27ClN4O4S2/c34-29-10-3-4-11-30(29)38-32(25-7-5-8-26(19-25)44(40,41)37-14-16-42-17-15-37)35-36-33(38)43-21-31(39)24-13-12-23-18-22-6-1-2-9-27(22)28(23)20-24/h1-13,19-20H,14-18,21H2. The number of ether oxygens (including phenoxy) is 1.